The lowest BCUT2D eigenvalue weighted by Crippen LogP contribution is -2.16. The number of carbonyl (C=O) groups is 2. The fraction of sp³-hybridized carbons (Fsp3) is 0.238. The molecule has 152 valence electrons. The normalized spacial score (nSPS) is 12.2. The highest BCUT2D eigenvalue weighted by molar-refractivity contribution is 6.31. The predicted molar refractivity (Wildman–Crippen MR) is 104 cm³/mol. The van der Waals surface area contributed by atoms with Crippen molar-refractivity contribution < 1.29 is 28.2 Å². The van der Waals surface area contributed by atoms with Crippen LogP contribution in [0.4, 0.5) is 8.78 Å². The first-order valence-corrected chi connectivity index (χ1v) is 9.25. The number of hydrogen-bond acceptors (Lipinski definition) is 4. The van der Waals surface area contributed by atoms with Crippen LogP contribution in [-0.4, -0.2) is 28.2 Å². The summed E-state index contributed by atoms with van der Waals surface area (Å²) < 4.78 is 35.1. The minimum atomic E-state index is -1.24. The maximum Gasteiger partial charge on any atom is 0.313 e. The van der Waals surface area contributed by atoms with E-state index in [-0.39, 0.29) is 34.3 Å². The second-order valence-corrected chi connectivity index (χ2v) is 6.98. The van der Waals surface area contributed by atoms with Gasteiger partial charge >= 0.3 is 5.97 Å². The molecule has 0 spiro atoms. The number of phenolic OH excluding ortho intramolecular Hbond substituents is 1. The van der Waals surface area contributed by atoms with E-state index < -0.39 is 35.2 Å². The molecule has 0 aliphatic rings. The van der Waals surface area contributed by atoms with Crippen molar-refractivity contribution in [2.45, 2.75) is 26.7 Å². The summed E-state index contributed by atoms with van der Waals surface area (Å²) in [6.45, 7) is 4.76. The summed E-state index contributed by atoms with van der Waals surface area (Å²) >= 11 is 5.96. The summed E-state index contributed by atoms with van der Waals surface area (Å²) in [6.07, 6.45) is 0. The van der Waals surface area contributed by atoms with Crippen LogP contribution in [0, 0.1) is 18.6 Å². The molecule has 0 bridgehead atoms. The van der Waals surface area contributed by atoms with Crippen LogP contribution in [0.3, 0.4) is 0 Å². The molecule has 0 aliphatic heterocycles. The smallest absolute Gasteiger partial charge is 0.313 e. The number of fused-ring (bicyclic) bond motifs is 1. The largest absolute Gasteiger partial charge is 0.503 e. The Morgan fingerprint density at radius 2 is 1.97 bits per heavy atom. The first-order chi connectivity index (χ1) is 13.7. The molecule has 0 aliphatic carbocycles. The Kier molecular flexibility index (Phi) is 5.61. The van der Waals surface area contributed by atoms with Crippen molar-refractivity contribution >= 4 is 34.4 Å². The summed E-state index contributed by atoms with van der Waals surface area (Å²) in [4.78, 5) is 25.5. The SMILES string of the molecule is CCOC(=O)[C@H](C)c1c(C)n(C(=O)c2cccc(Cl)c2)c2cc(F)c(O)c(F)c12. The Hall–Kier alpha value is -2.93. The minimum Gasteiger partial charge on any atom is -0.503 e. The number of benzene rings is 2. The molecule has 1 heterocycles. The fourth-order valence-corrected chi connectivity index (χ4v) is 3.63. The van der Waals surface area contributed by atoms with Crippen LogP contribution in [0.15, 0.2) is 30.3 Å². The quantitative estimate of drug-likeness (QED) is 0.606. The Bertz CT molecular complexity index is 1140. The average Bonchev–Trinajstić information content (AvgIpc) is 2.97. The molecule has 29 heavy (non-hydrogen) atoms. The zero-order valence-electron chi connectivity index (χ0n) is 15.9. The van der Waals surface area contributed by atoms with E-state index >= 15 is 0 Å². The maximum absolute atomic E-state index is 14.9. The molecule has 5 nitrogen and oxygen atoms in total. The van der Waals surface area contributed by atoms with Crippen molar-refractivity contribution in [2.75, 3.05) is 6.61 Å². The highest BCUT2D eigenvalue weighted by atomic mass is 35.5. The number of phenols is 1. The predicted octanol–water partition coefficient (Wildman–Crippen LogP) is 4.94. The molecule has 1 atom stereocenters. The minimum absolute atomic E-state index is 0.105. The Balaban J connectivity index is 2.35. The van der Waals surface area contributed by atoms with Gasteiger partial charge in [0.15, 0.2) is 17.4 Å². The Labute approximate surface area is 170 Å². The molecule has 0 amide bonds. The van der Waals surface area contributed by atoms with E-state index in [0.29, 0.717) is 5.02 Å². The second-order valence-electron chi connectivity index (χ2n) is 6.54. The lowest BCUT2D eigenvalue weighted by molar-refractivity contribution is -0.144. The molecule has 0 fully saturated rings. The van der Waals surface area contributed by atoms with E-state index in [0.717, 1.165) is 10.6 Å². The molecule has 1 aromatic heterocycles. The number of aromatic hydroxyl groups is 1. The number of hydrogen-bond donors (Lipinski definition) is 1. The van der Waals surface area contributed by atoms with Gasteiger partial charge in [0.2, 0.25) is 0 Å². The van der Waals surface area contributed by atoms with Gasteiger partial charge in [-0.05, 0) is 44.5 Å². The summed E-state index contributed by atoms with van der Waals surface area (Å²) in [6, 6.07) is 6.97. The first-order valence-electron chi connectivity index (χ1n) is 8.87. The number of carbonyl (C=O) groups excluding carboxylic acids is 2. The molecular weight excluding hydrogens is 404 g/mol. The molecule has 3 aromatic rings. The van der Waals surface area contributed by atoms with E-state index in [9.17, 15) is 23.5 Å². The molecule has 0 saturated heterocycles. The average molecular weight is 422 g/mol. The third-order valence-electron chi connectivity index (χ3n) is 4.76. The van der Waals surface area contributed by atoms with Crippen molar-refractivity contribution in [3.63, 3.8) is 0 Å². The van der Waals surface area contributed by atoms with E-state index in [2.05, 4.69) is 0 Å². The molecular formula is C21H18ClF2NO4. The van der Waals surface area contributed by atoms with Gasteiger partial charge in [0, 0.05) is 27.7 Å². The Morgan fingerprint density at radius 1 is 1.28 bits per heavy atom. The van der Waals surface area contributed by atoms with Gasteiger partial charge < -0.3 is 9.84 Å². The molecule has 2 aromatic carbocycles. The van der Waals surface area contributed by atoms with E-state index in [1.54, 1.807) is 19.1 Å². The molecule has 3 rings (SSSR count). The van der Waals surface area contributed by atoms with Gasteiger partial charge in [-0.25, -0.2) is 8.78 Å². The topological polar surface area (TPSA) is 68.5 Å². The summed E-state index contributed by atoms with van der Waals surface area (Å²) in [5.41, 5.74) is 0.462. The fourth-order valence-electron chi connectivity index (χ4n) is 3.44. The third kappa shape index (κ3) is 3.46. The molecule has 0 saturated carbocycles. The van der Waals surface area contributed by atoms with Crippen LogP contribution in [0.5, 0.6) is 5.75 Å². The van der Waals surface area contributed by atoms with Crippen molar-refractivity contribution in [1.82, 2.24) is 4.57 Å². The maximum atomic E-state index is 14.9. The zero-order chi connectivity index (χ0) is 21.5. The number of rotatable bonds is 4. The first kappa shape index (κ1) is 20.8. The molecule has 1 N–H and O–H groups in total. The lowest BCUT2D eigenvalue weighted by Gasteiger charge is -2.12. The van der Waals surface area contributed by atoms with Gasteiger partial charge in [-0.1, -0.05) is 17.7 Å². The molecule has 8 heteroatoms. The standard InChI is InChI=1S/C21H18ClF2NO4/c1-4-29-21(28)10(2)16-11(3)25(20(27)12-6-5-7-13(22)8-12)15-9-14(23)19(26)18(24)17(15)16/h5-10,26H,4H2,1-3H3/t10-/m1/s1. The van der Waals surface area contributed by atoms with E-state index in [4.69, 9.17) is 16.3 Å². The summed E-state index contributed by atoms with van der Waals surface area (Å²) in [5.74, 6) is -5.81. The van der Waals surface area contributed by atoms with Gasteiger partial charge in [0.1, 0.15) is 0 Å². The van der Waals surface area contributed by atoms with Gasteiger partial charge in [0.25, 0.3) is 5.91 Å². The van der Waals surface area contributed by atoms with Crippen LogP contribution in [0.2, 0.25) is 5.02 Å². The molecule has 0 radical (unpaired) electrons. The highest BCUT2D eigenvalue weighted by Gasteiger charge is 2.31. The van der Waals surface area contributed by atoms with Crippen LogP contribution < -0.4 is 0 Å². The van der Waals surface area contributed by atoms with E-state index in [1.165, 1.54) is 26.0 Å². The zero-order valence-corrected chi connectivity index (χ0v) is 16.7. The van der Waals surface area contributed by atoms with Crippen LogP contribution in [0.25, 0.3) is 10.9 Å². The van der Waals surface area contributed by atoms with Crippen molar-refractivity contribution in [2.24, 2.45) is 0 Å². The number of aromatic nitrogens is 1. The lowest BCUT2D eigenvalue weighted by atomic mass is 9.97. The third-order valence-corrected chi connectivity index (χ3v) is 4.99. The van der Waals surface area contributed by atoms with Gasteiger partial charge in [0.05, 0.1) is 18.0 Å². The van der Waals surface area contributed by atoms with E-state index in [1.807, 2.05) is 0 Å². The van der Waals surface area contributed by atoms with Crippen molar-refractivity contribution in [3.8, 4) is 5.75 Å². The van der Waals surface area contributed by atoms with Crippen molar-refractivity contribution in [3.05, 3.63) is 63.8 Å². The van der Waals surface area contributed by atoms with Crippen molar-refractivity contribution in [1.29, 1.82) is 0 Å². The Morgan fingerprint density at radius 3 is 2.59 bits per heavy atom. The van der Waals surface area contributed by atoms with Gasteiger partial charge in [-0.15, -0.1) is 0 Å². The number of ether oxygens (including phenoxy) is 1. The van der Waals surface area contributed by atoms with Crippen LogP contribution in [0.1, 0.15) is 41.4 Å². The van der Waals surface area contributed by atoms with Gasteiger partial charge in [-0.3, -0.25) is 14.2 Å². The molecule has 0 unspecified atom stereocenters. The van der Waals surface area contributed by atoms with Gasteiger partial charge in [-0.2, -0.15) is 0 Å². The summed E-state index contributed by atoms with van der Waals surface area (Å²) in [7, 11) is 0. The second kappa shape index (κ2) is 7.83. The monoisotopic (exact) mass is 421 g/mol. The highest BCUT2D eigenvalue weighted by Crippen LogP contribution is 2.39. The summed E-state index contributed by atoms with van der Waals surface area (Å²) in [5, 5.41) is 9.88. The van der Waals surface area contributed by atoms with Crippen LogP contribution in [-0.2, 0) is 9.53 Å². The number of esters is 1. The van der Waals surface area contributed by atoms with Crippen LogP contribution >= 0.6 is 11.6 Å². The number of nitrogens with zero attached hydrogens (tertiary/aromatic N) is 1. The number of halogens is 3.